The van der Waals surface area contributed by atoms with E-state index in [1.165, 1.54) is 22.3 Å². The van der Waals surface area contributed by atoms with Crippen LogP contribution in [0.2, 0.25) is 0 Å². The van der Waals surface area contributed by atoms with Crippen molar-refractivity contribution in [3.05, 3.63) is 64.7 Å². The Bertz CT molecular complexity index is 550. The number of ether oxygens (including phenoxy) is 1. The van der Waals surface area contributed by atoms with Crippen molar-refractivity contribution >= 4 is 12.2 Å². The van der Waals surface area contributed by atoms with Gasteiger partial charge in [0.25, 0.3) is 0 Å². The molecule has 1 nitrogen and oxygen atoms in total. The first-order chi connectivity index (χ1) is 8.69. The van der Waals surface area contributed by atoms with E-state index in [0.29, 0.717) is 0 Å². The molecule has 0 saturated heterocycles. The van der Waals surface area contributed by atoms with Crippen molar-refractivity contribution in [3.63, 3.8) is 0 Å². The maximum absolute atomic E-state index is 5.14. The number of aryl methyl sites for hydroxylation is 2. The van der Waals surface area contributed by atoms with Crippen molar-refractivity contribution in [2.24, 2.45) is 0 Å². The van der Waals surface area contributed by atoms with Gasteiger partial charge in [0.15, 0.2) is 0 Å². The Morgan fingerprint density at radius 1 is 0.778 bits per heavy atom. The molecule has 0 aliphatic heterocycles. The number of rotatable bonds is 3. The SMILES string of the molecule is COc1ccc(C=Cc2ccc(C)c(C)c2)cc1. The summed E-state index contributed by atoms with van der Waals surface area (Å²) in [4.78, 5) is 0. The van der Waals surface area contributed by atoms with E-state index in [-0.39, 0.29) is 0 Å². The van der Waals surface area contributed by atoms with Gasteiger partial charge < -0.3 is 4.74 Å². The number of hydrogen-bond acceptors (Lipinski definition) is 1. The molecule has 2 rings (SSSR count). The minimum atomic E-state index is 0.887. The minimum absolute atomic E-state index is 0.887. The van der Waals surface area contributed by atoms with Gasteiger partial charge in [-0.05, 0) is 48.2 Å². The summed E-state index contributed by atoms with van der Waals surface area (Å²) in [5.41, 5.74) is 5.06. The first-order valence-corrected chi connectivity index (χ1v) is 6.08. The third kappa shape index (κ3) is 3.01. The van der Waals surface area contributed by atoms with Crippen LogP contribution in [0.1, 0.15) is 22.3 Å². The molecule has 92 valence electrons. The van der Waals surface area contributed by atoms with Gasteiger partial charge in [-0.2, -0.15) is 0 Å². The molecule has 2 aromatic carbocycles. The van der Waals surface area contributed by atoms with Gasteiger partial charge in [0.1, 0.15) is 5.75 Å². The van der Waals surface area contributed by atoms with E-state index in [1.54, 1.807) is 7.11 Å². The molecule has 0 bridgehead atoms. The molecule has 2 aromatic rings. The van der Waals surface area contributed by atoms with E-state index in [2.05, 4.69) is 56.3 Å². The number of methoxy groups -OCH3 is 1. The molecule has 18 heavy (non-hydrogen) atoms. The van der Waals surface area contributed by atoms with E-state index >= 15 is 0 Å². The molecule has 0 unspecified atom stereocenters. The molecule has 0 spiro atoms. The molecule has 0 radical (unpaired) electrons. The van der Waals surface area contributed by atoms with Crippen LogP contribution in [0.3, 0.4) is 0 Å². The van der Waals surface area contributed by atoms with Gasteiger partial charge in [-0.1, -0.05) is 42.5 Å². The standard InChI is InChI=1S/C17H18O/c1-13-4-5-16(12-14(13)2)7-6-15-8-10-17(18-3)11-9-15/h4-12H,1-3H3. The molecule has 0 saturated carbocycles. The molecule has 0 amide bonds. The number of benzene rings is 2. The van der Waals surface area contributed by atoms with Crippen LogP contribution in [0.15, 0.2) is 42.5 Å². The highest BCUT2D eigenvalue weighted by Crippen LogP contribution is 2.15. The maximum atomic E-state index is 5.14. The molecular formula is C17H18O. The molecule has 0 aliphatic rings. The second-order valence-corrected chi connectivity index (χ2v) is 4.45. The van der Waals surface area contributed by atoms with Crippen molar-refractivity contribution in [3.8, 4) is 5.75 Å². The zero-order valence-electron chi connectivity index (χ0n) is 11.1. The lowest BCUT2D eigenvalue weighted by molar-refractivity contribution is 0.415. The van der Waals surface area contributed by atoms with Crippen LogP contribution in [0, 0.1) is 13.8 Å². The summed E-state index contributed by atoms with van der Waals surface area (Å²) in [7, 11) is 1.68. The predicted molar refractivity (Wildman–Crippen MR) is 77.8 cm³/mol. The highest BCUT2D eigenvalue weighted by molar-refractivity contribution is 5.70. The van der Waals surface area contributed by atoms with Gasteiger partial charge in [0, 0.05) is 0 Å². The Labute approximate surface area is 109 Å². The zero-order valence-corrected chi connectivity index (χ0v) is 11.1. The molecule has 1 heteroatoms. The topological polar surface area (TPSA) is 9.23 Å². The van der Waals surface area contributed by atoms with Crippen LogP contribution in [-0.2, 0) is 0 Å². The fraction of sp³-hybridized carbons (Fsp3) is 0.176. The fourth-order valence-electron chi connectivity index (χ4n) is 1.78. The molecule has 0 N–H and O–H groups in total. The maximum Gasteiger partial charge on any atom is 0.118 e. The summed E-state index contributed by atoms with van der Waals surface area (Å²) in [5, 5.41) is 0. The normalized spacial score (nSPS) is 10.8. The van der Waals surface area contributed by atoms with Gasteiger partial charge in [0.05, 0.1) is 7.11 Å². The van der Waals surface area contributed by atoms with E-state index in [0.717, 1.165) is 5.75 Å². The highest BCUT2D eigenvalue weighted by atomic mass is 16.5. The molecule has 0 atom stereocenters. The van der Waals surface area contributed by atoms with Crippen LogP contribution in [0.5, 0.6) is 5.75 Å². The van der Waals surface area contributed by atoms with Crippen molar-refractivity contribution in [2.45, 2.75) is 13.8 Å². The van der Waals surface area contributed by atoms with Gasteiger partial charge in [0.2, 0.25) is 0 Å². The van der Waals surface area contributed by atoms with Gasteiger partial charge in [-0.3, -0.25) is 0 Å². The summed E-state index contributed by atoms with van der Waals surface area (Å²) < 4.78 is 5.14. The average molecular weight is 238 g/mol. The van der Waals surface area contributed by atoms with E-state index in [1.807, 2.05) is 12.1 Å². The predicted octanol–water partition coefficient (Wildman–Crippen LogP) is 4.48. The van der Waals surface area contributed by atoms with Gasteiger partial charge >= 0.3 is 0 Å². The summed E-state index contributed by atoms with van der Waals surface area (Å²) >= 11 is 0. The average Bonchev–Trinajstić information content (AvgIpc) is 2.41. The van der Waals surface area contributed by atoms with Crippen LogP contribution >= 0.6 is 0 Å². The van der Waals surface area contributed by atoms with Crippen LogP contribution in [0.25, 0.3) is 12.2 Å². The van der Waals surface area contributed by atoms with Crippen LogP contribution < -0.4 is 4.74 Å². The van der Waals surface area contributed by atoms with E-state index in [9.17, 15) is 0 Å². The first-order valence-electron chi connectivity index (χ1n) is 6.08. The Balaban J connectivity index is 2.16. The lowest BCUT2D eigenvalue weighted by Gasteiger charge is -2.01. The van der Waals surface area contributed by atoms with E-state index < -0.39 is 0 Å². The summed E-state index contributed by atoms with van der Waals surface area (Å²) in [6.45, 7) is 4.27. The Hall–Kier alpha value is -2.02. The van der Waals surface area contributed by atoms with Gasteiger partial charge in [-0.25, -0.2) is 0 Å². The Morgan fingerprint density at radius 2 is 1.39 bits per heavy atom. The second-order valence-electron chi connectivity index (χ2n) is 4.45. The largest absolute Gasteiger partial charge is 0.497 e. The lowest BCUT2D eigenvalue weighted by atomic mass is 10.1. The first kappa shape index (κ1) is 12.4. The molecule has 0 aliphatic carbocycles. The minimum Gasteiger partial charge on any atom is -0.497 e. The quantitative estimate of drug-likeness (QED) is 0.716. The van der Waals surface area contributed by atoms with Crippen molar-refractivity contribution in [1.29, 1.82) is 0 Å². The van der Waals surface area contributed by atoms with Crippen molar-refractivity contribution in [1.82, 2.24) is 0 Å². The lowest BCUT2D eigenvalue weighted by Crippen LogP contribution is -1.82. The van der Waals surface area contributed by atoms with Crippen LogP contribution in [-0.4, -0.2) is 7.11 Å². The second kappa shape index (κ2) is 5.54. The summed E-state index contributed by atoms with van der Waals surface area (Å²) in [6.07, 6.45) is 4.25. The van der Waals surface area contributed by atoms with Gasteiger partial charge in [-0.15, -0.1) is 0 Å². The van der Waals surface area contributed by atoms with Crippen molar-refractivity contribution < 1.29 is 4.74 Å². The monoisotopic (exact) mass is 238 g/mol. The molecular weight excluding hydrogens is 220 g/mol. The molecule has 0 heterocycles. The van der Waals surface area contributed by atoms with Crippen molar-refractivity contribution in [2.75, 3.05) is 7.11 Å². The molecule has 0 aromatic heterocycles. The smallest absolute Gasteiger partial charge is 0.118 e. The number of hydrogen-bond donors (Lipinski definition) is 0. The fourth-order valence-corrected chi connectivity index (χ4v) is 1.78. The summed E-state index contributed by atoms with van der Waals surface area (Å²) in [6, 6.07) is 14.5. The third-order valence-corrected chi connectivity index (χ3v) is 3.12. The van der Waals surface area contributed by atoms with Crippen LogP contribution in [0.4, 0.5) is 0 Å². The third-order valence-electron chi connectivity index (χ3n) is 3.12. The Morgan fingerprint density at radius 3 is 2.00 bits per heavy atom. The zero-order chi connectivity index (χ0) is 13.0. The summed E-state index contributed by atoms with van der Waals surface area (Å²) in [5.74, 6) is 0.887. The molecule has 0 fully saturated rings. The van der Waals surface area contributed by atoms with E-state index in [4.69, 9.17) is 4.74 Å². The Kier molecular flexibility index (Phi) is 3.83. The highest BCUT2D eigenvalue weighted by Gasteiger charge is 1.94.